The maximum atomic E-state index is 12.7. The van der Waals surface area contributed by atoms with E-state index in [-0.39, 0.29) is 30.3 Å². The lowest BCUT2D eigenvalue weighted by Gasteiger charge is -2.28. The molecule has 0 bridgehead atoms. The second-order valence-corrected chi connectivity index (χ2v) is 17.0. The van der Waals surface area contributed by atoms with E-state index in [1.807, 2.05) is 0 Å². The van der Waals surface area contributed by atoms with Crippen LogP contribution in [0.3, 0.4) is 0 Å². The second kappa shape index (κ2) is 40.1. The number of hydrogen-bond donors (Lipinski definition) is 1. The van der Waals surface area contributed by atoms with E-state index in [4.69, 9.17) is 9.47 Å². The highest BCUT2D eigenvalue weighted by Crippen LogP contribution is 2.25. The summed E-state index contributed by atoms with van der Waals surface area (Å²) in [7, 11) is 0. The molecule has 6 heteroatoms. The Balaban J connectivity index is 4.12. The van der Waals surface area contributed by atoms with Gasteiger partial charge in [0, 0.05) is 19.4 Å². The number of nitrogens with zero attached hydrogens (tertiary/aromatic N) is 1. The van der Waals surface area contributed by atoms with Gasteiger partial charge in [0.25, 0.3) is 0 Å². The van der Waals surface area contributed by atoms with Crippen LogP contribution in [0.15, 0.2) is 0 Å². The highest BCUT2D eigenvalue weighted by molar-refractivity contribution is 5.70. The molecule has 54 heavy (non-hydrogen) atoms. The lowest BCUT2D eigenvalue weighted by atomic mass is 9.94. The van der Waals surface area contributed by atoms with Crippen molar-refractivity contribution in [2.75, 3.05) is 26.2 Å². The van der Waals surface area contributed by atoms with E-state index in [1.165, 1.54) is 122 Å². The number of rotatable bonds is 43. The molecular formula is C48H95NO5. The Morgan fingerprint density at radius 2 is 0.889 bits per heavy atom. The molecule has 0 saturated carbocycles. The van der Waals surface area contributed by atoms with E-state index < -0.39 is 0 Å². The van der Waals surface area contributed by atoms with Gasteiger partial charge >= 0.3 is 11.9 Å². The maximum absolute atomic E-state index is 12.7. The number of aliphatic hydroxyl groups excluding tert-OH is 1. The lowest BCUT2D eigenvalue weighted by Crippen LogP contribution is -2.31. The van der Waals surface area contributed by atoms with Gasteiger partial charge in [0.15, 0.2) is 0 Å². The summed E-state index contributed by atoms with van der Waals surface area (Å²) in [5.74, 6) is -0.0119. The van der Waals surface area contributed by atoms with Gasteiger partial charge in [-0.2, -0.15) is 0 Å². The van der Waals surface area contributed by atoms with Crippen LogP contribution < -0.4 is 0 Å². The molecule has 0 aromatic heterocycles. The van der Waals surface area contributed by atoms with Gasteiger partial charge in [0.1, 0.15) is 11.7 Å². The third-order valence-corrected chi connectivity index (χ3v) is 11.6. The van der Waals surface area contributed by atoms with Gasteiger partial charge in [-0.05, 0) is 90.6 Å². The molecule has 1 N–H and O–H groups in total. The Labute approximate surface area is 337 Å². The van der Waals surface area contributed by atoms with Crippen LogP contribution in [0.2, 0.25) is 0 Å². The first-order valence-electron chi connectivity index (χ1n) is 24.1. The largest absolute Gasteiger partial charge is 0.462 e. The number of carbonyl (C=O) groups excluding carboxylic acids is 2. The minimum absolute atomic E-state index is 0.0151. The second-order valence-electron chi connectivity index (χ2n) is 17.0. The van der Waals surface area contributed by atoms with Crippen molar-refractivity contribution in [1.82, 2.24) is 4.90 Å². The van der Waals surface area contributed by atoms with Crippen LogP contribution in [0.1, 0.15) is 259 Å². The van der Waals surface area contributed by atoms with Gasteiger partial charge in [-0.25, -0.2) is 0 Å². The highest BCUT2D eigenvalue weighted by atomic mass is 16.6. The van der Waals surface area contributed by atoms with Crippen molar-refractivity contribution < 1.29 is 24.2 Å². The fourth-order valence-electron chi connectivity index (χ4n) is 7.64. The van der Waals surface area contributed by atoms with Crippen molar-refractivity contribution in [2.45, 2.75) is 271 Å². The van der Waals surface area contributed by atoms with Gasteiger partial charge in [0.05, 0.1) is 6.61 Å². The first-order chi connectivity index (χ1) is 26.3. The van der Waals surface area contributed by atoms with Crippen LogP contribution in [0.4, 0.5) is 0 Å². The number of carbonyl (C=O) groups is 2. The summed E-state index contributed by atoms with van der Waals surface area (Å²) in [6, 6.07) is 0. The number of esters is 2. The van der Waals surface area contributed by atoms with Crippen molar-refractivity contribution in [3.63, 3.8) is 0 Å². The minimum atomic E-state index is -0.311. The standard InChI is InChI=1S/C48H95NO5/c1-6-10-13-16-19-23-30-37-45(36-29-22-17-14-11-7-2)53-46(51)38-31-24-20-27-34-41-49(43-44-50)42-35-28-21-25-32-39-47(52)54-48(5,9-4)40-33-26-18-15-12-8-3/h45,50H,6-44H2,1-5H3. The topological polar surface area (TPSA) is 76.1 Å². The molecular weight excluding hydrogens is 671 g/mol. The number of unbranched alkanes of at least 4 members (excludes halogenated alkanes) is 24. The number of aliphatic hydroxyl groups is 1. The number of ether oxygens (including phenoxy) is 2. The quantitative estimate of drug-likeness (QED) is 0.0492. The van der Waals surface area contributed by atoms with E-state index in [9.17, 15) is 14.7 Å². The SMILES string of the molecule is CCCCCCCCCC(CCCCCCCC)OC(=O)CCCCCCCN(CCO)CCCCCCCC(=O)OC(C)(CC)CCCCCCCC. The van der Waals surface area contributed by atoms with Crippen molar-refractivity contribution in [3.05, 3.63) is 0 Å². The van der Waals surface area contributed by atoms with Gasteiger partial charge < -0.3 is 19.5 Å². The van der Waals surface area contributed by atoms with Crippen LogP contribution in [0.5, 0.6) is 0 Å². The minimum Gasteiger partial charge on any atom is -0.462 e. The van der Waals surface area contributed by atoms with Crippen molar-refractivity contribution >= 4 is 11.9 Å². The molecule has 0 amide bonds. The van der Waals surface area contributed by atoms with E-state index in [1.54, 1.807) is 0 Å². The van der Waals surface area contributed by atoms with Crippen LogP contribution in [-0.2, 0) is 19.1 Å². The van der Waals surface area contributed by atoms with E-state index in [0.717, 1.165) is 110 Å². The van der Waals surface area contributed by atoms with E-state index >= 15 is 0 Å². The van der Waals surface area contributed by atoms with Crippen molar-refractivity contribution in [3.8, 4) is 0 Å². The van der Waals surface area contributed by atoms with Gasteiger partial charge in [-0.3, -0.25) is 9.59 Å². The normalized spacial score (nSPS) is 13.3. The Kier molecular flexibility index (Phi) is 39.2. The predicted octanol–water partition coefficient (Wildman–Crippen LogP) is 14.2. The molecule has 0 saturated heterocycles. The van der Waals surface area contributed by atoms with Crippen LogP contribution in [0, 0.1) is 0 Å². The fourth-order valence-corrected chi connectivity index (χ4v) is 7.64. The molecule has 0 aliphatic rings. The van der Waals surface area contributed by atoms with Gasteiger partial charge in [-0.1, -0.05) is 169 Å². The Bertz CT molecular complexity index is 806. The predicted molar refractivity (Wildman–Crippen MR) is 232 cm³/mol. The zero-order valence-electron chi connectivity index (χ0n) is 37.2. The summed E-state index contributed by atoms with van der Waals surface area (Å²) in [6.07, 6.45) is 40.4. The molecule has 0 rings (SSSR count). The van der Waals surface area contributed by atoms with Crippen LogP contribution in [0.25, 0.3) is 0 Å². The highest BCUT2D eigenvalue weighted by Gasteiger charge is 2.26. The molecule has 0 fully saturated rings. The molecule has 0 heterocycles. The van der Waals surface area contributed by atoms with E-state index in [2.05, 4.69) is 39.5 Å². The Morgan fingerprint density at radius 1 is 0.500 bits per heavy atom. The first kappa shape index (κ1) is 52.9. The van der Waals surface area contributed by atoms with Gasteiger partial charge in [-0.15, -0.1) is 0 Å². The average Bonchev–Trinajstić information content (AvgIpc) is 3.16. The Hall–Kier alpha value is -1.14. The zero-order valence-corrected chi connectivity index (χ0v) is 37.2. The molecule has 0 radical (unpaired) electrons. The summed E-state index contributed by atoms with van der Waals surface area (Å²) in [5.41, 5.74) is -0.311. The van der Waals surface area contributed by atoms with Crippen LogP contribution in [-0.4, -0.2) is 59.9 Å². The molecule has 0 spiro atoms. The average molecular weight is 766 g/mol. The summed E-state index contributed by atoms with van der Waals surface area (Å²) < 4.78 is 12.0. The molecule has 0 aromatic carbocycles. The fraction of sp³-hybridized carbons (Fsp3) is 0.958. The Morgan fingerprint density at radius 3 is 1.33 bits per heavy atom. The third kappa shape index (κ3) is 35.3. The molecule has 2 unspecified atom stereocenters. The first-order valence-corrected chi connectivity index (χ1v) is 24.1. The van der Waals surface area contributed by atoms with Crippen molar-refractivity contribution in [1.29, 1.82) is 0 Å². The number of hydrogen-bond acceptors (Lipinski definition) is 6. The molecule has 6 nitrogen and oxygen atoms in total. The maximum Gasteiger partial charge on any atom is 0.306 e. The molecule has 0 aliphatic carbocycles. The zero-order chi connectivity index (χ0) is 39.8. The molecule has 322 valence electrons. The summed E-state index contributed by atoms with van der Waals surface area (Å²) in [6.45, 7) is 14.0. The molecule has 0 aliphatic heterocycles. The summed E-state index contributed by atoms with van der Waals surface area (Å²) in [4.78, 5) is 27.7. The molecule has 0 aromatic rings. The van der Waals surface area contributed by atoms with Crippen LogP contribution >= 0.6 is 0 Å². The summed E-state index contributed by atoms with van der Waals surface area (Å²) >= 11 is 0. The van der Waals surface area contributed by atoms with E-state index in [0.29, 0.717) is 12.8 Å². The molecule has 2 atom stereocenters. The van der Waals surface area contributed by atoms with Gasteiger partial charge in [0.2, 0.25) is 0 Å². The smallest absolute Gasteiger partial charge is 0.306 e. The third-order valence-electron chi connectivity index (χ3n) is 11.6. The van der Waals surface area contributed by atoms with Crippen molar-refractivity contribution in [2.24, 2.45) is 0 Å². The lowest BCUT2D eigenvalue weighted by molar-refractivity contribution is -0.159. The summed E-state index contributed by atoms with van der Waals surface area (Å²) in [5, 5.41) is 9.60. The monoisotopic (exact) mass is 766 g/mol.